The van der Waals surface area contributed by atoms with Gasteiger partial charge in [0, 0.05) is 30.4 Å². The van der Waals surface area contributed by atoms with Crippen LogP contribution in [0.25, 0.3) is 0 Å². The maximum absolute atomic E-state index is 13.1. The van der Waals surface area contributed by atoms with Crippen molar-refractivity contribution in [2.24, 2.45) is 0 Å². The predicted octanol–water partition coefficient (Wildman–Crippen LogP) is 3.86. The highest BCUT2D eigenvalue weighted by atomic mass is 32.2. The lowest BCUT2D eigenvalue weighted by atomic mass is 10.2. The minimum atomic E-state index is -3.55. The smallest absolute Gasteiger partial charge is 0.218 e. The number of nitrogens with zero attached hydrogens (tertiary/aromatic N) is 2. The van der Waals surface area contributed by atoms with Crippen LogP contribution in [0.4, 0.5) is 4.39 Å². The number of hydrogen-bond donors (Lipinski definition) is 0. The van der Waals surface area contributed by atoms with E-state index >= 15 is 0 Å². The second kappa shape index (κ2) is 8.53. The summed E-state index contributed by atoms with van der Waals surface area (Å²) in [5.41, 5.74) is 1.40. The van der Waals surface area contributed by atoms with Crippen molar-refractivity contribution in [1.82, 2.24) is 9.29 Å². The van der Waals surface area contributed by atoms with Gasteiger partial charge in [0.15, 0.2) is 0 Å². The predicted molar refractivity (Wildman–Crippen MR) is 102 cm³/mol. The zero-order valence-electron chi connectivity index (χ0n) is 14.1. The maximum Gasteiger partial charge on any atom is 0.218 e. The molecule has 136 valence electrons. The van der Waals surface area contributed by atoms with E-state index < -0.39 is 10.0 Å². The molecule has 0 aliphatic rings. The summed E-state index contributed by atoms with van der Waals surface area (Å²) in [6.45, 7) is 0.654. The molecule has 26 heavy (non-hydrogen) atoms. The minimum Gasteiger partial charge on any atom is -0.264 e. The van der Waals surface area contributed by atoms with Gasteiger partial charge in [-0.3, -0.25) is 4.98 Å². The first-order valence-electron chi connectivity index (χ1n) is 8.16. The summed E-state index contributed by atoms with van der Waals surface area (Å²) in [6, 6.07) is 13.2. The van der Waals surface area contributed by atoms with Gasteiger partial charge in [-0.05, 0) is 47.2 Å². The third-order valence-corrected chi connectivity index (χ3v) is 6.66. The number of rotatable bonds is 8. The van der Waals surface area contributed by atoms with E-state index in [2.05, 4.69) is 4.98 Å². The molecule has 0 aliphatic carbocycles. The standard InChI is InChI=1S/C19H19FN2O2S2/c20-18-7-5-16(6-8-18)15-26(23,24)22(11-9-19-4-2-12-25-19)14-17-3-1-10-21-13-17/h1-8,10,12-13H,9,11,14-15H2. The van der Waals surface area contributed by atoms with Gasteiger partial charge in [-0.15, -0.1) is 11.3 Å². The van der Waals surface area contributed by atoms with Gasteiger partial charge < -0.3 is 0 Å². The average Bonchev–Trinajstić information content (AvgIpc) is 3.15. The number of thiophene rings is 1. The number of halogens is 1. The lowest BCUT2D eigenvalue weighted by Crippen LogP contribution is -2.33. The second-order valence-corrected chi connectivity index (χ2v) is 8.91. The quantitative estimate of drug-likeness (QED) is 0.587. The topological polar surface area (TPSA) is 50.3 Å². The molecule has 7 heteroatoms. The second-order valence-electron chi connectivity index (χ2n) is 5.91. The summed E-state index contributed by atoms with van der Waals surface area (Å²) in [5, 5.41) is 1.98. The SMILES string of the molecule is O=S(=O)(Cc1ccc(F)cc1)N(CCc1cccs1)Cc1cccnc1. The van der Waals surface area contributed by atoms with Crippen LogP contribution in [0.15, 0.2) is 66.3 Å². The zero-order chi connectivity index (χ0) is 18.4. The van der Waals surface area contributed by atoms with Crippen molar-refractivity contribution in [2.45, 2.75) is 18.7 Å². The van der Waals surface area contributed by atoms with Crippen LogP contribution in [0.2, 0.25) is 0 Å². The Morgan fingerprint density at radius 3 is 2.50 bits per heavy atom. The number of aromatic nitrogens is 1. The fraction of sp³-hybridized carbons (Fsp3) is 0.211. The van der Waals surface area contributed by atoms with E-state index in [-0.39, 0.29) is 18.1 Å². The molecule has 0 aliphatic heterocycles. The summed E-state index contributed by atoms with van der Waals surface area (Å²) in [5.74, 6) is -0.533. The molecule has 0 bridgehead atoms. The minimum absolute atomic E-state index is 0.155. The number of benzene rings is 1. The van der Waals surface area contributed by atoms with Crippen LogP contribution in [-0.4, -0.2) is 24.3 Å². The Morgan fingerprint density at radius 1 is 1.04 bits per heavy atom. The molecule has 4 nitrogen and oxygen atoms in total. The van der Waals surface area contributed by atoms with Crippen molar-refractivity contribution in [1.29, 1.82) is 0 Å². The third kappa shape index (κ3) is 5.20. The van der Waals surface area contributed by atoms with Crippen molar-refractivity contribution >= 4 is 21.4 Å². The first kappa shape index (κ1) is 18.7. The van der Waals surface area contributed by atoms with Gasteiger partial charge >= 0.3 is 0 Å². The molecule has 0 spiro atoms. The van der Waals surface area contributed by atoms with Crippen molar-refractivity contribution < 1.29 is 12.8 Å². The van der Waals surface area contributed by atoms with Crippen LogP contribution in [0, 0.1) is 5.82 Å². The first-order chi connectivity index (χ1) is 12.5. The normalized spacial score (nSPS) is 11.8. The van der Waals surface area contributed by atoms with Crippen LogP contribution in [0.1, 0.15) is 16.0 Å². The zero-order valence-corrected chi connectivity index (χ0v) is 15.7. The van der Waals surface area contributed by atoms with E-state index in [9.17, 15) is 12.8 Å². The molecular weight excluding hydrogens is 371 g/mol. The number of hydrogen-bond acceptors (Lipinski definition) is 4. The molecule has 0 unspecified atom stereocenters. The Bertz CT molecular complexity index is 912. The Labute approximate surface area is 157 Å². The van der Waals surface area contributed by atoms with Crippen molar-refractivity contribution in [3.8, 4) is 0 Å². The summed E-state index contributed by atoms with van der Waals surface area (Å²) < 4.78 is 40.5. The molecule has 1 aromatic carbocycles. The highest BCUT2D eigenvalue weighted by molar-refractivity contribution is 7.88. The summed E-state index contributed by atoms with van der Waals surface area (Å²) >= 11 is 1.61. The molecule has 0 atom stereocenters. The van der Waals surface area contributed by atoms with E-state index in [1.165, 1.54) is 28.6 Å². The van der Waals surface area contributed by atoms with Gasteiger partial charge in [0.1, 0.15) is 5.82 Å². The molecule has 3 rings (SSSR count). The van der Waals surface area contributed by atoms with Crippen LogP contribution >= 0.6 is 11.3 Å². The van der Waals surface area contributed by atoms with Gasteiger partial charge in [-0.25, -0.2) is 12.8 Å². The summed E-state index contributed by atoms with van der Waals surface area (Å²) in [6.07, 6.45) is 3.98. The molecule has 2 aromatic heterocycles. The van der Waals surface area contributed by atoms with Crippen LogP contribution in [0.3, 0.4) is 0 Å². The Kier molecular flexibility index (Phi) is 6.13. The Morgan fingerprint density at radius 2 is 1.85 bits per heavy atom. The molecule has 2 heterocycles. The van der Waals surface area contributed by atoms with E-state index in [0.717, 1.165) is 10.4 Å². The van der Waals surface area contributed by atoms with Gasteiger partial charge in [-0.2, -0.15) is 4.31 Å². The molecule has 0 fully saturated rings. The van der Waals surface area contributed by atoms with Gasteiger partial charge in [0.25, 0.3) is 0 Å². The fourth-order valence-electron chi connectivity index (χ4n) is 2.58. The van der Waals surface area contributed by atoms with Crippen LogP contribution in [-0.2, 0) is 28.7 Å². The van der Waals surface area contributed by atoms with Crippen molar-refractivity contribution in [2.75, 3.05) is 6.54 Å². The molecule has 0 N–H and O–H groups in total. The summed E-state index contributed by atoms with van der Waals surface area (Å²) in [4.78, 5) is 5.20. The van der Waals surface area contributed by atoms with Crippen LogP contribution < -0.4 is 0 Å². The van der Waals surface area contributed by atoms with Gasteiger partial charge in [0.05, 0.1) is 5.75 Å². The van der Waals surface area contributed by atoms with Crippen molar-refractivity contribution in [3.05, 3.63) is 88.1 Å². The largest absolute Gasteiger partial charge is 0.264 e. The van der Waals surface area contributed by atoms with Crippen molar-refractivity contribution in [3.63, 3.8) is 0 Å². The fourth-order valence-corrected chi connectivity index (χ4v) is 4.79. The lowest BCUT2D eigenvalue weighted by Gasteiger charge is -2.22. The molecule has 3 aromatic rings. The summed E-state index contributed by atoms with van der Waals surface area (Å²) in [7, 11) is -3.55. The average molecular weight is 391 g/mol. The molecule has 0 radical (unpaired) electrons. The van der Waals surface area contributed by atoms with E-state index in [1.54, 1.807) is 29.8 Å². The van der Waals surface area contributed by atoms with Gasteiger partial charge in [0.2, 0.25) is 10.0 Å². The highest BCUT2D eigenvalue weighted by Crippen LogP contribution is 2.17. The lowest BCUT2D eigenvalue weighted by molar-refractivity contribution is 0.409. The van der Waals surface area contributed by atoms with E-state index in [1.807, 2.05) is 23.6 Å². The molecule has 0 amide bonds. The molecular formula is C19H19FN2O2S2. The molecule has 0 saturated heterocycles. The highest BCUT2D eigenvalue weighted by Gasteiger charge is 2.23. The Hall–Kier alpha value is -2.09. The first-order valence-corrected chi connectivity index (χ1v) is 10.7. The monoisotopic (exact) mass is 390 g/mol. The van der Waals surface area contributed by atoms with Crippen LogP contribution in [0.5, 0.6) is 0 Å². The van der Waals surface area contributed by atoms with E-state index in [4.69, 9.17) is 0 Å². The van der Waals surface area contributed by atoms with E-state index in [0.29, 0.717) is 18.5 Å². The number of sulfonamides is 1. The maximum atomic E-state index is 13.1. The Balaban J connectivity index is 1.78. The molecule has 0 saturated carbocycles. The van der Waals surface area contributed by atoms with Gasteiger partial charge in [-0.1, -0.05) is 24.3 Å². The number of pyridine rings is 1. The third-order valence-electron chi connectivity index (χ3n) is 3.93.